The van der Waals surface area contributed by atoms with E-state index in [2.05, 4.69) is 45.4 Å². The Morgan fingerprint density at radius 1 is 1.40 bits per heavy atom. The molecule has 0 amide bonds. The van der Waals surface area contributed by atoms with Crippen LogP contribution in [0.5, 0.6) is 5.75 Å². The Morgan fingerprint density at radius 2 is 2.20 bits per heavy atom. The molecule has 1 aromatic heterocycles. The van der Waals surface area contributed by atoms with Crippen LogP contribution in [0, 0.1) is 6.92 Å². The Labute approximate surface area is 128 Å². The van der Waals surface area contributed by atoms with Gasteiger partial charge in [0.25, 0.3) is 0 Å². The maximum atomic E-state index is 5.90. The van der Waals surface area contributed by atoms with Crippen molar-refractivity contribution in [3.63, 3.8) is 0 Å². The summed E-state index contributed by atoms with van der Waals surface area (Å²) < 4.78 is 8.90. The summed E-state index contributed by atoms with van der Waals surface area (Å²) in [5.74, 6) is 0.881. The Morgan fingerprint density at radius 3 is 2.90 bits per heavy atom. The maximum Gasteiger partial charge on any atom is 0.131 e. The number of ether oxygens (including phenoxy) is 1. The highest BCUT2D eigenvalue weighted by molar-refractivity contribution is 9.10. The number of aryl methyl sites for hydroxylation is 2. The predicted octanol–water partition coefficient (Wildman–Crippen LogP) is 3.27. The number of nitrogens with zero attached hydrogens (tertiary/aromatic N) is 2. The molecule has 0 saturated heterocycles. The standard InChI is InChI=1S/C15H20BrN3O/c1-4-19-14(15(16)11(2)18-19)10-20-13-7-5-6-12(8-13)9-17-3/h5-8,17H,4,9-10H2,1-3H3. The average molecular weight is 338 g/mol. The summed E-state index contributed by atoms with van der Waals surface area (Å²) in [6, 6.07) is 8.13. The summed E-state index contributed by atoms with van der Waals surface area (Å²) in [5.41, 5.74) is 3.28. The first-order valence-electron chi connectivity index (χ1n) is 6.73. The number of rotatable bonds is 6. The van der Waals surface area contributed by atoms with Crippen LogP contribution in [0.3, 0.4) is 0 Å². The first-order valence-corrected chi connectivity index (χ1v) is 7.53. The molecule has 20 heavy (non-hydrogen) atoms. The van der Waals surface area contributed by atoms with E-state index in [0.29, 0.717) is 6.61 Å². The van der Waals surface area contributed by atoms with Crippen LogP contribution in [0.1, 0.15) is 23.9 Å². The number of hydrogen-bond donors (Lipinski definition) is 1. The molecular formula is C15H20BrN3O. The number of halogens is 1. The van der Waals surface area contributed by atoms with Gasteiger partial charge < -0.3 is 10.1 Å². The van der Waals surface area contributed by atoms with Crippen LogP contribution in [-0.4, -0.2) is 16.8 Å². The second kappa shape index (κ2) is 6.90. The van der Waals surface area contributed by atoms with Gasteiger partial charge in [-0.1, -0.05) is 12.1 Å². The van der Waals surface area contributed by atoms with Crippen LogP contribution in [-0.2, 0) is 19.7 Å². The van der Waals surface area contributed by atoms with Crippen molar-refractivity contribution in [2.45, 2.75) is 33.5 Å². The SMILES string of the molecule is CCn1nc(C)c(Br)c1COc1cccc(CNC)c1. The number of benzene rings is 1. The normalized spacial score (nSPS) is 10.8. The quantitative estimate of drug-likeness (QED) is 0.879. The summed E-state index contributed by atoms with van der Waals surface area (Å²) in [7, 11) is 1.94. The van der Waals surface area contributed by atoms with Crippen molar-refractivity contribution in [1.82, 2.24) is 15.1 Å². The molecule has 0 fully saturated rings. The summed E-state index contributed by atoms with van der Waals surface area (Å²) in [6.07, 6.45) is 0. The zero-order valence-electron chi connectivity index (χ0n) is 12.1. The molecule has 0 atom stereocenters. The van der Waals surface area contributed by atoms with Crippen LogP contribution >= 0.6 is 15.9 Å². The van der Waals surface area contributed by atoms with Gasteiger partial charge in [0.1, 0.15) is 12.4 Å². The zero-order chi connectivity index (χ0) is 14.5. The number of aromatic nitrogens is 2. The third-order valence-electron chi connectivity index (χ3n) is 3.11. The highest BCUT2D eigenvalue weighted by atomic mass is 79.9. The van der Waals surface area contributed by atoms with Crippen molar-refractivity contribution in [2.24, 2.45) is 0 Å². The first-order chi connectivity index (χ1) is 9.65. The highest BCUT2D eigenvalue weighted by Crippen LogP contribution is 2.23. The van der Waals surface area contributed by atoms with E-state index in [0.717, 1.165) is 34.7 Å². The topological polar surface area (TPSA) is 39.1 Å². The Balaban J connectivity index is 2.10. The lowest BCUT2D eigenvalue weighted by atomic mass is 10.2. The summed E-state index contributed by atoms with van der Waals surface area (Å²) in [4.78, 5) is 0. The van der Waals surface area contributed by atoms with E-state index in [4.69, 9.17) is 4.74 Å². The van der Waals surface area contributed by atoms with Gasteiger partial charge in [0.2, 0.25) is 0 Å². The van der Waals surface area contributed by atoms with Crippen molar-refractivity contribution >= 4 is 15.9 Å². The Bertz CT molecular complexity index is 580. The molecule has 2 aromatic rings. The molecule has 0 saturated carbocycles. The van der Waals surface area contributed by atoms with E-state index in [1.807, 2.05) is 30.8 Å². The molecule has 0 aliphatic heterocycles. The van der Waals surface area contributed by atoms with E-state index < -0.39 is 0 Å². The zero-order valence-corrected chi connectivity index (χ0v) is 13.7. The van der Waals surface area contributed by atoms with Crippen LogP contribution in [0.4, 0.5) is 0 Å². The second-order valence-corrected chi connectivity index (χ2v) is 5.42. The molecule has 0 spiro atoms. The van der Waals surface area contributed by atoms with Gasteiger partial charge in [0.15, 0.2) is 0 Å². The summed E-state index contributed by atoms with van der Waals surface area (Å²) in [5, 5.41) is 7.61. The van der Waals surface area contributed by atoms with Gasteiger partial charge in [0, 0.05) is 13.1 Å². The third-order valence-corrected chi connectivity index (χ3v) is 4.14. The van der Waals surface area contributed by atoms with E-state index in [1.54, 1.807) is 0 Å². The average Bonchev–Trinajstić information content (AvgIpc) is 2.73. The van der Waals surface area contributed by atoms with Crippen molar-refractivity contribution < 1.29 is 4.74 Å². The molecular weight excluding hydrogens is 318 g/mol. The molecule has 0 aliphatic carbocycles. The summed E-state index contributed by atoms with van der Waals surface area (Å²) in [6.45, 7) is 6.26. The fourth-order valence-electron chi connectivity index (χ4n) is 2.11. The van der Waals surface area contributed by atoms with E-state index in [-0.39, 0.29) is 0 Å². The van der Waals surface area contributed by atoms with Gasteiger partial charge in [-0.2, -0.15) is 5.10 Å². The largest absolute Gasteiger partial charge is 0.487 e. The molecule has 0 radical (unpaired) electrons. The lowest BCUT2D eigenvalue weighted by Gasteiger charge is -2.09. The maximum absolute atomic E-state index is 5.90. The minimum Gasteiger partial charge on any atom is -0.487 e. The van der Waals surface area contributed by atoms with Crippen LogP contribution in [0.25, 0.3) is 0 Å². The molecule has 1 aromatic carbocycles. The van der Waals surface area contributed by atoms with Gasteiger partial charge in [-0.25, -0.2) is 0 Å². The lowest BCUT2D eigenvalue weighted by molar-refractivity contribution is 0.291. The highest BCUT2D eigenvalue weighted by Gasteiger charge is 2.12. The second-order valence-electron chi connectivity index (χ2n) is 4.63. The van der Waals surface area contributed by atoms with Gasteiger partial charge >= 0.3 is 0 Å². The monoisotopic (exact) mass is 337 g/mol. The summed E-state index contributed by atoms with van der Waals surface area (Å²) >= 11 is 3.58. The van der Waals surface area contributed by atoms with Crippen LogP contribution < -0.4 is 10.1 Å². The van der Waals surface area contributed by atoms with Crippen LogP contribution in [0.2, 0.25) is 0 Å². The lowest BCUT2D eigenvalue weighted by Crippen LogP contribution is -2.07. The van der Waals surface area contributed by atoms with Gasteiger partial charge in [-0.3, -0.25) is 4.68 Å². The molecule has 2 rings (SSSR count). The van der Waals surface area contributed by atoms with Gasteiger partial charge in [-0.15, -0.1) is 0 Å². The molecule has 0 bridgehead atoms. The van der Waals surface area contributed by atoms with Crippen LogP contribution in [0.15, 0.2) is 28.7 Å². The first kappa shape index (κ1) is 15.1. The Kier molecular flexibility index (Phi) is 5.20. The van der Waals surface area contributed by atoms with Crippen molar-refractivity contribution in [3.05, 3.63) is 45.7 Å². The number of nitrogens with one attached hydrogen (secondary N) is 1. The van der Waals surface area contributed by atoms with Crippen molar-refractivity contribution in [3.8, 4) is 5.75 Å². The molecule has 1 heterocycles. The minimum atomic E-state index is 0.512. The Hall–Kier alpha value is -1.33. The smallest absolute Gasteiger partial charge is 0.131 e. The van der Waals surface area contributed by atoms with E-state index in [1.165, 1.54) is 5.56 Å². The fourth-order valence-corrected chi connectivity index (χ4v) is 2.51. The number of hydrogen-bond acceptors (Lipinski definition) is 3. The minimum absolute atomic E-state index is 0.512. The molecule has 108 valence electrons. The van der Waals surface area contributed by atoms with Gasteiger partial charge in [0.05, 0.1) is 15.9 Å². The predicted molar refractivity (Wildman–Crippen MR) is 83.9 cm³/mol. The molecule has 4 nitrogen and oxygen atoms in total. The molecule has 0 aliphatic rings. The van der Waals surface area contributed by atoms with E-state index in [9.17, 15) is 0 Å². The fraction of sp³-hybridized carbons (Fsp3) is 0.400. The molecule has 0 unspecified atom stereocenters. The van der Waals surface area contributed by atoms with E-state index >= 15 is 0 Å². The molecule has 5 heteroatoms. The van der Waals surface area contributed by atoms with Gasteiger partial charge in [-0.05, 0) is 54.5 Å². The molecule has 1 N–H and O–H groups in total. The van der Waals surface area contributed by atoms with Crippen molar-refractivity contribution in [2.75, 3.05) is 7.05 Å². The van der Waals surface area contributed by atoms with Crippen molar-refractivity contribution in [1.29, 1.82) is 0 Å². The third kappa shape index (κ3) is 3.41.